The lowest BCUT2D eigenvalue weighted by Gasteiger charge is -2.09. The van der Waals surface area contributed by atoms with Crippen molar-refractivity contribution in [3.8, 4) is 12.3 Å². The number of rotatable bonds is 4. The Labute approximate surface area is 124 Å². The van der Waals surface area contributed by atoms with E-state index in [1.807, 2.05) is 0 Å². The maximum Gasteiger partial charge on any atom is 0.338 e. The number of anilines is 1. The lowest BCUT2D eigenvalue weighted by Crippen LogP contribution is -2.27. The lowest BCUT2D eigenvalue weighted by molar-refractivity contribution is 0.259. The molecule has 0 aliphatic heterocycles. The third-order valence-electron chi connectivity index (χ3n) is 2.13. The van der Waals surface area contributed by atoms with Crippen molar-refractivity contribution in [2.24, 2.45) is 0 Å². The summed E-state index contributed by atoms with van der Waals surface area (Å²) in [6.45, 7) is 0. The van der Waals surface area contributed by atoms with Crippen molar-refractivity contribution >= 4 is 35.1 Å². The normalized spacial score (nSPS) is 9.80. The highest BCUT2D eigenvalue weighted by Crippen LogP contribution is 2.14. The van der Waals surface area contributed by atoms with E-state index in [4.69, 9.17) is 18.0 Å². The van der Waals surface area contributed by atoms with Gasteiger partial charge in [-0.25, -0.2) is 14.9 Å². The Morgan fingerprint density at radius 3 is 2.90 bits per heavy atom. The van der Waals surface area contributed by atoms with Crippen LogP contribution in [0.5, 0.6) is 0 Å². The second-order valence-corrected chi connectivity index (χ2v) is 4.93. The quantitative estimate of drug-likeness (QED) is 0.672. The van der Waals surface area contributed by atoms with Crippen LogP contribution in [0.3, 0.4) is 0 Å². The molecular formula is C12H10ClN5OS. The maximum absolute atomic E-state index is 11.8. The average molecular weight is 308 g/mol. The first-order valence-electron chi connectivity index (χ1n) is 5.49. The summed E-state index contributed by atoms with van der Waals surface area (Å²) < 4.78 is 1.40. The topological polar surface area (TPSA) is 71.8 Å². The minimum absolute atomic E-state index is 0.422. The summed E-state index contributed by atoms with van der Waals surface area (Å²) in [6.07, 6.45) is 6.56. The van der Waals surface area contributed by atoms with Gasteiger partial charge in [-0.3, -0.25) is 0 Å². The van der Waals surface area contributed by atoms with Gasteiger partial charge in [0.25, 0.3) is 0 Å². The molecule has 0 atom stereocenters. The molecule has 2 N–H and O–H groups in total. The summed E-state index contributed by atoms with van der Waals surface area (Å²) in [7, 11) is 0. The molecule has 0 spiro atoms. The van der Waals surface area contributed by atoms with Gasteiger partial charge in [0.05, 0.1) is 5.75 Å². The predicted molar refractivity (Wildman–Crippen MR) is 79.4 cm³/mol. The van der Waals surface area contributed by atoms with Crippen LogP contribution in [0.2, 0.25) is 5.02 Å². The van der Waals surface area contributed by atoms with Crippen molar-refractivity contribution in [1.29, 1.82) is 0 Å². The molecule has 0 aliphatic rings. The van der Waals surface area contributed by atoms with E-state index in [9.17, 15) is 4.79 Å². The minimum atomic E-state index is -0.422. The highest BCUT2D eigenvalue weighted by Gasteiger charge is 2.08. The molecule has 8 heteroatoms. The van der Waals surface area contributed by atoms with Gasteiger partial charge >= 0.3 is 6.03 Å². The maximum atomic E-state index is 11.8. The van der Waals surface area contributed by atoms with Crippen LogP contribution in [-0.2, 0) is 0 Å². The third kappa shape index (κ3) is 3.91. The summed E-state index contributed by atoms with van der Waals surface area (Å²) in [5.74, 6) is 2.92. The standard InChI is InChI=1S/C12H10ClN5OS/c1-2-7-20-12-16-14-8-18(12)17-11(19)15-10-5-3-9(13)4-6-10/h1,3-6,8H,7H2,(H2,15,17,19). The highest BCUT2D eigenvalue weighted by atomic mass is 35.5. The Kier molecular flexibility index (Phi) is 4.87. The van der Waals surface area contributed by atoms with Crippen molar-refractivity contribution in [1.82, 2.24) is 14.9 Å². The molecular weight excluding hydrogens is 298 g/mol. The summed E-state index contributed by atoms with van der Waals surface area (Å²) in [6, 6.07) is 6.34. The number of halogens is 1. The van der Waals surface area contributed by atoms with Gasteiger partial charge in [0.15, 0.2) is 0 Å². The van der Waals surface area contributed by atoms with Gasteiger partial charge in [-0.2, -0.15) is 0 Å². The Morgan fingerprint density at radius 2 is 2.20 bits per heavy atom. The number of carbonyl (C=O) groups is 1. The number of benzene rings is 1. The SMILES string of the molecule is C#CCSc1nncn1NC(=O)Nc1ccc(Cl)cc1. The summed E-state index contributed by atoms with van der Waals surface area (Å²) in [5, 5.41) is 11.3. The first kappa shape index (κ1) is 14.2. The fourth-order valence-electron chi connectivity index (χ4n) is 1.31. The molecule has 0 fully saturated rings. The van der Waals surface area contributed by atoms with Crippen LogP contribution in [0.15, 0.2) is 35.7 Å². The molecule has 0 unspecified atom stereocenters. The van der Waals surface area contributed by atoms with Gasteiger partial charge in [0.2, 0.25) is 5.16 Å². The molecule has 1 aromatic carbocycles. The van der Waals surface area contributed by atoms with E-state index < -0.39 is 6.03 Å². The van der Waals surface area contributed by atoms with E-state index in [0.717, 1.165) is 0 Å². The molecule has 0 saturated heterocycles. The monoisotopic (exact) mass is 307 g/mol. The Hall–Kier alpha value is -2.17. The molecule has 0 saturated carbocycles. The third-order valence-corrected chi connectivity index (χ3v) is 3.22. The first-order chi connectivity index (χ1) is 9.69. The Balaban J connectivity index is 1.96. The second kappa shape index (κ2) is 6.84. The van der Waals surface area contributed by atoms with E-state index in [-0.39, 0.29) is 0 Å². The van der Waals surface area contributed by atoms with E-state index in [1.165, 1.54) is 22.8 Å². The van der Waals surface area contributed by atoms with Crippen LogP contribution in [0, 0.1) is 12.3 Å². The minimum Gasteiger partial charge on any atom is -0.307 e. The van der Waals surface area contributed by atoms with Crippen LogP contribution in [0.4, 0.5) is 10.5 Å². The molecule has 0 bridgehead atoms. The Bertz CT molecular complexity index is 634. The molecule has 2 aromatic rings. The number of amides is 2. The van der Waals surface area contributed by atoms with Crippen molar-refractivity contribution in [3.63, 3.8) is 0 Å². The van der Waals surface area contributed by atoms with E-state index in [0.29, 0.717) is 21.6 Å². The highest BCUT2D eigenvalue weighted by molar-refractivity contribution is 7.99. The first-order valence-corrected chi connectivity index (χ1v) is 6.85. The van der Waals surface area contributed by atoms with Crippen LogP contribution in [0.1, 0.15) is 0 Å². The van der Waals surface area contributed by atoms with Gasteiger partial charge in [-0.05, 0) is 24.3 Å². The van der Waals surface area contributed by atoms with Gasteiger partial charge in [0, 0.05) is 10.7 Å². The molecule has 0 aliphatic carbocycles. The summed E-state index contributed by atoms with van der Waals surface area (Å²) in [5.41, 5.74) is 3.20. The number of thioether (sulfide) groups is 1. The van der Waals surface area contributed by atoms with Crippen LogP contribution in [0.25, 0.3) is 0 Å². The van der Waals surface area contributed by atoms with E-state index in [2.05, 4.69) is 26.9 Å². The van der Waals surface area contributed by atoms with E-state index in [1.54, 1.807) is 24.3 Å². The van der Waals surface area contributed by atoms with Gasteiger partial charge in [-0.15, -0.1) is 16.6 Å². The zero-order valence-electron chi connectivity index (χ0n) is 10.2. The fraction of sp³-hybridized carbons (Fsp3) is 0.0833. The number of terminal acetylenes is 1. The largest absolute Gasteiger partial charge is 0.338 e. The number of nitrogens with one attached hydrogen (secondary N) is 2. The molecule has 6 nitrogen and oxygen atoms in total. The van der Waals surface area contributed by atoms with Gasteiger partial charge in [-0.1, -0.05) is 29.3 Å². The smallest absolute Gasteiger partial charge is 0.307 e. The number of hydrogen-bond acceptors (Lipinski definition) is 4. The van der Waals surface area contributed by atoms with Crippen molar-refractivity contribution in [2.45, 2.75) is 5.16 Å². The molecule has 20 heavy (non-hydrogen) atoms. The zero-order valence-corrected chi connectivity index (χ0v) is 11.8. The zero-order chi connectivity index (χ0) is 14.4. The Morgan fingerprint density at radius 1 is 1.45 bits per heavy atom. The molecule has 2 rings (SSSR count). The predicted octanol–water partition coefficient (Wildman–Crippen LogP) is 2.43. The van der Waals surface area contributed by atoms with Crippen LogP contribution < -0.4 is 10.7 Å². The van der Waals surface area contributed by atoms with Crippen LogP contribution in [-0.4, -0.2) is 26.7 Å². The molecule has 1 heterocycles. The summed E-state index contributed by atoms with van der Waals surface area (Å²) >= 11 is 7.06. The van der Waals surface area contributed by atoms with Crippen LogP contribution >= 0.6 is 23.4 Å². The molecule has 0 radical (unpaired) electrons. The average Bonchev–Trinajstić information content (AvgIpc) is 2.86. The summed E-state index contributed by atoms with van der Waals surface area (Å²) in [4.78, 5) is 11.8. The lowest BCUT2D eigenvalue weighted by atomic mass is 10.3. The van der Waals surface area contributed by atoms with Gasteiger partial charge in [0.1, 0.15) is 6.33 Å². The number of urea groups is 1. The molecule has 2 amide bonds. The van der Waals surface area contributed by atoms with E-state index >= 15 is 0 Å². The molecule has 102 valence electrons. The van der Waals surface area contributed by atoms with Crippen molar-refractivity contribution in [2.75, 3.05) is 16.5 Å². The number of aromatic nitrogens is 3. The number of nitrogens with zero attached hydrogens (tertiary/aromatic N) is 3. The van der Waals surface area contributed by atoms with Crippen molar-refractivity contribution < 1.29 is 4.79 Å². The second-order valence-electron chi connectivity index (χ2n) is 3.55. The van der Waals surface area contributed by atoms with Gasteiger partial charge < -0.3 is 5.32 Å². The molecule has 1 aromatic heterocycles. The van der Waals surface area contributed by atoms with Crippen molar-refractivity contribution in [3.05, 3.63) is 35.6 Å². The number of hydrogen-bond donors (Lipinski definition) is 2. The fourth-order valence-corrected chi connectivity index (χ4v) is 1.98. The number of carbonyl (C=O) groups excluding carboxylic acids is 1.